The molecule has 5 heteroatoms. The van der Waals surface area contributed by atoms with Gasteiger partial charge in [-0.15, -0.1) is 0 Å². The van der Waals surface area contributed by atoms with Crippen molar-refractivity contribution in [1.82, 2.24) is 9.97 Å². The van der Waals surface area contributed by atoms with Crippen molar-refractivity contribution in [3.05, 3.63) is 20.7 Å². The van der Waals surface area contributed by atoms with Crippen LogP contribution in [0.3, 0.4) is 0 Å². The highest BCUT2D eigenvalue weighted by molar-refractivity contribution is 7.71. The highest BCUT2D eigenvalue weighted by atomic mass is 32.1. The van der Waals surface area contributed by atoms with Crippen LogP contribution in [0.15, 0.2) is 9.79 Å². The molecule has 0 fully saturated rings. The van der Waals surface area contributed by atoms with Crippen molar-refractivity contribution in [3.8, 4) is 0 Å². The maximum atomic E-state index is 10.8. The van der Waals surface area contributed by atoms with Crippen molar-refractivity contribution in [3.63, 3.8) is 0 Å². The Morgan fingerprint density at radius 3 is 3.18 bits per heavy atom. The van der Waals surface area contributed by atoms with E-state index in [-0.39, 0.29) is 5.69 Å². The van der Waals surface area contributed by atoms with E-state index in [2.05, 4.69) is 15.0 Å². The molecule has 0 unspecified atom stereocenters. The summed E-state index contributed by atoms with van der Waals surface area (Å²) in [5.74, 6) is 0.596. The summed E-state index contributed by atoms with van der Waals surface area (Å²) in [6.45, 7) is 0. The summed E-state index contributed by atoms with van der Waals surface area (Å²) in [5.41, 5.74) is 0.604. The zero-order valence-electron chi connectivity index (χ0n) is 5.55. The molecule has 0 aliphatic carbocycles. The summed E-state index contributed by atoms with van der Waals surface area (Å²) in [5, 5.41) is 0. The van der Waals surface area contributed by atoms with Gasteiger partial charge in [-0.25, -0.2) is 9.79 Å². The molecule has 2 heterocycles. The van der Waals surface area contributed by atoms with E-state index >= 15 is 0 Å². The van der Waals surface area contributed by atoms with E-state index < -0.39 is 0 Å². The minimum Gasteiger partial charge on any atom is -0.298 e. The summed E-state index contributed by atoms with van der Waals surface area (Å²) in [6, 6.07) is 0. The Balaban J connectivity index is 2.87. The Hall–Kier alpha value is -1.23. The maximum Gasteiger partial charge on any atom is 0.325 e. The SMILES string of the molecule is O=c1[nH]c2c(c(=S)[nH]1)CC=N2. The van der Waals surface area contributed by atoms with Crippen molar-refractivity contribution < 1.29 is 0 Å². The van der Waals surface area contributed by atoms with Crippen LogP contribution >= 0.6 is 12.2 Å². The van der Waals surface area contributed by atoms with Crippen LogP contribution in [0.1, 0.15) is 5.56 Å². The molecule has 56 valence electrons. The maximum absolute atomic E-state index is 10.8. The summed E-state index contributed by atoms with van der Waals surface area (Å²) in [6.07, 6.45) is 2.44. The van der Waals surface area contributed by atoms with E-state index in [1.165, 1.54) is 0 Å². The van der Waals surface area contributed by atoms with Crippen molar-refractivity contribution >= 4 is 24.3 Å². The van der Waals surface area contributed by atoms with E-state index in [0.29, 0.717) is 16.9 Å². The second kappa shape index (κ2) is 2.13. The van der Waals surface area contributed by atoms with Crippen molar-refractivity contribution in [1.29, 1.82) is 0 Å². The zero-order valence-corrected chi connectivity index (χ0v) is 6.36. The third kappa shape index (κ3) is 0.932. The summed E-state index contributed by atoms with van der Waals surface area (Å²) in [7, 11) is 0. The fraction of sp³-hybridized carbons (Fsp3) is 0.167. The van der Waals surface area contributed by atoms with Gasteiger partial charge in [-0.2, -0.15) is 0 Å². The van der Waals surface area contributed by atoms with Gasteiger partial charge in [0.2, 0.25) is 0 Å². The molecule has 0 aromatic carbocycles. The molecule has 4 nitrogen and oxygen atoms in total. The third-order valence-electron chi connectivity index (χ3n) is 1.53. The van der Waals surface area contributed by atoms with Gasteiger partial charge in [-0.3, -0.25) is 9.97 Å². The molecule has 2 N–H and O–H groups in total. The van der Waals surface area contributed by atoms with Gasteiger partial charge in [0.15, 0.2) is 0 Å². The Morgan fingerprint density at radius 2 is 2.36 bits per heavy atom. The molecule has 1 aromatic heterocycles. The first kappa shape index (κ1) is 6.48. The predicted octanol–water partition coefficient (Wildman–Crippen LogP) is 0.691. The van der Waals surface area contributed by atoms with Crippen molar-refractivity contribution in [2.75, 3.05) is 0 Å². The highest BCUT2D eigenvalue weighted by Crippen LogP contribution is 2.18. The second-order valence-electron chi connectivity index (χ2n) is 2.25. The largest absolute Gasteiger partial charge is 0.325 e. The fourth-order valence-electron chi connectivity index (χ4n) is 1.03. The lowest BCUT2D eigenvalue weighted by atomic mass is 10.3. The highest BCUT2D eigenvalue weighted by Gasteiger charge is 2.08. The van der Waals surface area contributed by atoms with Gasteiger partial charge in [-0.05, 0) is 0 Å². The van der Waals surface area contributed by atoms with E-state index in [9.17, 15) is 4.79 Å². The lowest BCUT2D eigenvalue weighted by Gasteiger charge is -1.93. The number of H-pyrrole nitrogens is 2. The average molecular weight is 167 g/mol. The number of rotatable bonds is 0. The van der Waals surface area contributed by atoms with Crippen LogP contribution in [0, 0.1) is 4.64 Å². The van der Waals surface area contributed by atoms with Gasteiger partial charge in [0.1, 0.15) is 10.5 Å². The van der Waals surface area contributed by atoms with Crippen LogP contribution in [0.25, 0.3) is 0 Å². The number of nitrogens with one attached hydrogen (secondary N) is 2. The number of aromatic amines is 2. The van der Waals surface area contributed by atoms with Crippen LogP contribution in [0.5, 0.6) is 0 Å². The van der Waals surface area contributed by atoms with Crippen LogP contribution in [0.4, 0.5) is 5.82 Å². The standard InChI is InChI=1S/C6H5N3OS/c10-6-8-4-3(1-2-7-4)5(11)9-6/h2H,1H2,(H2,8,9,10,11). The van der Waals surface area contributed by atoms with Gasteiger partial charge in [0.05, 0.1) is 0 Å². The molecule has 1 aliphatic rings. The van der Waals surface area contributed by atoms with E-state index in [0.717, 1.165) is 5.56 Å². The smallest absolute Gasteiger partial charge is 0.298 e. The summed E-state index contributed by atoms with van der Waals surface area (Å²) >= 11 is 4.91. The quantitative estimate of drug-likeness (QED) is 0.558. The molecular formula is C6H5N3OS. The molecule has 0 spiro atoms. The molecule has 0 saturated heterocycles. The van der Waals surface area contributed by atoms with E-state index in [1.54, 1.807) is 6.21 Å². The molecule has 0 radical (unpaired) electrons. The number of fused-ring (bicyclic) bond motifs is 1. The van der Waals surface area contributed by atoms with Gasteiger partial charge in [-0.1, -0.05) is 12.2 Å². The molecule has 2 rings (SSSR count). The Kier molecular flexibility index (Phi) is 1.25. The first-order valence-electron chi connectivity index (χ1n) is 3.15. The monoisotopic (exact) mass is 167 g/mol. The first-order chi connectivity index (χ1) is 5.27. The van der Waals surface area contributed by atoms with Crippen molar-refractivity contribution in [2.45, 2.75) is 6.42 Å². The number of hydrogen-bond acceptors (Lipinski definition) is 3. The van der Waals surface area contributed by atoms with E-state index in [1.807, 2.05) is 0 Å². The molecule has 1 aliphatic heterocycles. The Bertz CT molecular complexity index is 428. The van der Waals surface area contributed by atoms with Crippen LogP contribution in [0.2, 0.25) is 0 Å². The molecule has 0 amide bonds. The van der Waals surface area contributed by atoms with Crippen molar-refractivity contribution in [2.24, 2.45) is 4.99 Å². The fourth-order valence-corrected chi connectivity index (χ4v) is 1.30. The van der Waals surface area contributed by atoms with Crippen LogP contribution in [-0.2, 0) is 6.42 Å². The first-order valence-corrected chi connectivity index (χ1v) is 3.56. The number of aliphatic imine (C=N–C) groups is 1. The summed E-state index contributed by atoms with van der Waals surface area (Å²) in [4.78, 5) is 19.8. The molecular weight excluding hydrogens is 162 g/mol. The van der Waals surface area contributed by atoms with Crippen LogP contribution in [-0.4, -0.2) is 16.2 Å². The lowest BCUT2D eigenvalue weighted by Crippen LogP contribution is -2.10. The topological polar surface area (TPSA) is 61.0 Å². The number of hydrogen-bond donors (Lipinski definition) is 2. The minimum atomic E-state index is -0.298. The Morgan fingerprint density at radius 1 is 1.55 bits per heavy atom. The normalized spacial score (nSPS) is 13.5. The predicted molar refractivity (Wildman–Crippen MR) is 44.1 cm³/mol. The molecule has 11 heavy (non-hydrogen) atoms. The number of aromatic nitrogens is 2. The molecule has 0 atom stereocenters. The molecule has 0 saturated carbocycles. The molecule has 1 aromatic rings. The van der Waals surface area contributed by atoms with Gasteiger partial charge < -0.3 is 0 Å². The zero-order chi connectivity index (χ0) is 7.84. The average Bonchev–Trinajstić information content (AvgIpc) is 2.34. The summed E-state index contributed by atoms with van der Waals surface area (Å²) < 4.78 is 0.487. The Labute approximate surface area is 67.0 Å². The lowest BCUT2D eigenvalue weighted by molar-refractivity contribution is 1.03. The minimum absolute atomic E-state index is 0.298. The third-order valence-corrected chi connectivity index (χ3v) is 1.88. The van der Waals surface area contributed by atoms with Crippen LogP contribution < -0.4 is 5.69 Å². The van der Waals surface area contributed by atoms with E-state index in [4.69, 9.17) is 12.2 Å². The van der Waals surface area contributed by atoms with Gasteiger partial charge >= 0.3 is 5.69 Å². The molecule has 0 bridgehead atoms. The second-order valence-corrected chi connectivity index (χ2v) is 2.66. The van der Waals surface area contributed by atoms with Gasteiger partial charge in [0.25, 0.3) is 0 Å². The van der Waals surface area contributed by atoms with Gasteiger partial charge in [0, 0.05) is 18.2 Å². The number of nitrogens with zero attached hydrogens (tertiary/aromatic N) is 1.